The van der Waals surface area contributed by atoms with Crippen molar-refractivity contribution >= 4 is 23.7 Å². The summed E-state index contributed by atoms with van der Waals surface area (Å²) in [5.74, 6) is 0.815. The topological polar surface area (TPSA) is 68.0 Å². The SMILES string of the molecule is C=C(C)C[N+]1=C(NCC)N=C2C1C(=O)N(C)C(=O)N2C. The molecule has 1 unspecified atom stereocenters. The van der Waals surface area contributed by atoms with E-state index in [2.05, 4.69) is 16.9 Å². The number of urea groups is 1. The summed E-state index contributed by atoms with van der Waals surface area (Å²) in [6.45, 7) is 8.94. The number of nitrogens with zero attached hydrogens (tertiary/aromatic N) is 4. The van der Waals surface area contributed by atoms with Crippen molar-refractivity contribution in [3.8, 4) is 0 Å². The van der Waals surface area contributed by atoms with Gasteiger partial charge in [-0.1, -0.05) is 11.6 Å². The van der Waals surface area contributed by atoms with Gasteiger partial charge in [0.05, 0.1) is 13.1 Å². The maximum atomic E-state index is 12.4. The zero-order chi connectivity index (χ0) is 15.0. The summed E-state index contributed by atoms with van der Waals surface area (Å²) >= 11 is 0. The Bertz CT molecular complexity index is 549. The van der Waals surface area contributed by atoms with Gasteiger partial charge in [-0.05, 0) is 19.4 Å². The summed E-state index contributed by atoms with van der Waals surface area (Å²) < 4.78 is 1.85. The van der Waals surface area contributed by atoms with Gasteiger partial charge in [0.2, 0.25) is 11.9 Å². The van der Waals surface area contributed by atoms with Crippen LogP contribution in [0.2, 0.25) is 0 Å². The summed E-state index contributed by atoms with van der Waals surface area (Å²) in [5, 5.41) is 3.13. The number of rotatable bonds is 3. The van der Waals surface area contributed by atoms with Gasteiger partial charge < -0.3 is 0 Å². The van der Waals surface area contributed by atoms with E-state index in [0.29, 0.717) is 24.9 Å². The molecular formula is C13H20N5O2+. The number of nitrogens with one attached hydrogen (secondary N) is 1. The molecular weight excluding hydrogens is 258 g/mol. The van der Waals surface area contributed by atoms with Crippen molar-refractivity contribution in [1.82, 2.24) is 15.1 Å². The minimum atomic E-state index is -0.562. The van der Waals surface area contributed by atoms with Crippen molar-refractivity contribution in [2.24, 2.45) is 4.99 Å². The molecule has 0 saturated carbocycles. The lowest BCUT2D eigenvalue weighted by atomic mass is 10.1. The van der Waals surface area contributed by atoms with Gasteiger partial charge in [-0.3, -0.25) is 19.9 Å². The van der Waals surface area contributed by atoms with Crippen molar-refractivity contribution in [1.29, 1.82) is 0 Å². The van der Waals surface area contributed by atoms with E-state index in [0.717, 1.165) is 10.5 Å². The van der Waals surface area contributed by atoms with E-state index < -0.39 is 6.04 Å². The Balaban J connectivity index is 2.46. The number of likely N-dealkylation sites (N-methyl/N-ethyl adjacent to an activating group) is 2. The molecule has 2 rings (SSSR count). The minimum absolute atomic E-state index is 0.263. The molecule has 0 aromatic heterocycles. The Morgan fingerprint density at radius 3 is 2.60 bits per heavy atom. The number of carbonyl (C=O) groups excluding carboxylic acids is 2. The van der Waals surface area contributed by atoms with Gasteiger partial charge in [0.15, 0.2) is 0 Å². The third-order valence-corrected chi connectivity index (χ3v) is 3.31. The van der Waals surface area contributed by atoms with E-state index in [1.165, 1.54) is 11.9 Å². The fourth-order valence-corrected chi connectivity index (χ4v) is 2.35. The van der Waals surface area contributed by atoms with Gasteiger partial charge in [0.1, 0.15) is 0 Å². The average Bonchev–Trinajstić information content (AvgIpc) is 2.73. The lowest BCUT2D eigenvalue weighted by molar-refractivity contribution is -0.529. The largest absolute Gasteiger partial charge is 0.390 e. The molecule has 0 bridgehead atoms. The second-order valence-electron chi connectivity index (χ2n) is 5.05. The fraction of sp³-hybridized carbons (Fsp3) is 0.538. The molecule has 0 aromatic rings. The molecule has 0 aromatic carbocycles. The molecule has 20 heavy (non-hydrogen) atoms. The van der Waals surface area contributed by atoms with Crippen LogP contribution in [0.25, 0.3) is 0 Å². The minimum Gasteiger partial charge on any atom is -0.275 e. The Morgan fingerprint density at radius 2 is 2.05 bits per heavy atom. The van der Waals surface area contributed by atoms with Crippen LogP contribution in [0.3, 0.4) is 0 Å². The van der Waals surface area contributed by atoms with E-state index >= 15 is 0 Å². The van der Waals surface area contributed by atoms with Crippen molar-refractivity contribution in [3.05, 3.63) is 12.2 Å². The second-order valence-corrected chi connectivity index (χ2v) is 5.05. The Morgan fingerprint density at radius 1 is 1.40 bits per heavy atom. The van der Waals surface area contributed by atoms with Gasteiger partial charge in [-0.25, -0.2) is 9.37 Å². The van der Waals surface area contributed by atoms with Crippen LogP contribution in [0.4, 0.5) is 4.79 Å². The zero-order valence-corrected chi connectivity index (χ0v) is 12.3. The molecule has 1 fully saturated rings. The quantitative estimate of drug-likeness (QED) is 0.576. The van der Waals surface area contributed by atoms with Crippen molar-refractivity contribution in [2.75, 3.05) is 27.2 Å². The summed E-state index contributed by atoms with van der Waals surface area (Å²) in [4.78, 5) is 31.3. The highest BCUT2D eigenvalue weighted by Gasteiger charge is 2.51. The van der Waals surface area contributed by atoms with Crippen LogP contribution in [0.1, 0.15) is 13.8 Å². The van der Waals surface area contributed by atoms with E-state index in [4.69, 9.17) is 0 Å². The first-order valence-electron chi connectivity index (χ1n) is 6.54. The molecule has 0 aliphatic carbocycles. The molecule has 7 nitrogen and oxygen atoms in total. The van der Waals surface area contributed by atoms with Gasteiger partial charge in [0.25, 0.3) is 5.91 Å². The highest BCUT2D eigenvalue weighted by Crippen LogP contribution is 2.18. The molecule has 3 amide bonds. The number of hydrogen-bond donors (Lipinski definition) is 1. The number of imide groups is 1. The van der Waals surface area contributed by atoms with Crippen LogP contribution in [-0.2, 0) is 4.79 Å². The molecule has 2 heterocycles. The monoisotopic (exact) mass is 278 g/mol. The lowest BCUT2D eigenvalue weighted by Gasteiger charge is -2.31. The Labute approximate surface area is 118 Å². The molecule has 2 aliphatic heterocycles. The summed E-state index contributed by atoms with van der Waals surface area (Å²) in [7, 11) is 3.12. The molecule has 7 heteroatoms. The maximum Gasteiger partial charge on any atom is 0.390 e. The van der Waals surface area contributed by atoms with Gasteiger partial charge in [-0.2, -0.15) is 0 Å². The van der Waals surface area contributed by atoms with Crippen molar-refractivity contribution in [2.45, 2.75) is 19.9 Å². The van der Waals surface area contributed by atoms with Gasteiger partial charge in [0, 0.05) is 14.1 Å². The Hall–Kier alpha value is -2.18. The lowest BCUT2D eigenvalue weighted by Crippen LogP contribution is -2.61. The van der Waals surface area contributed by atoms with Crippen LogP contribution >= 0.6 is 0 Å². The second kappa shape index (κ2) is 5.07. The van der Waals surface area contributed by atoms with E-state index in [1.807, 2.05) is 18.4 Å². The zero-order valence-electron chi connectivity index (χ0n) is 12.3. The first-order valence-corrected chi connectivity index (χ1v) is 6.54. The molecule has 1 atom stereocenters. The van der Waals surface area contributed by atoms with E-state index in [1.54, 1.807) is 7.05 Å². The average molecular weight is 278 g/mol. The van der Waals surface area contributed by atoms with Crippen molar-refractivity contribution in [3.63, 3.8) is 0 Å². The number of guanidine groups is 1. The van der Waals surface area contributed by atoms with E-state index in [9.17, 15) is 9.59 Å². The van der Waals surface area contributed by atoms with Crippen LogP contribution < -0.4 is 5.32 Å². The first-order chi connectivity index (χ1) is 9.38. The highest BCUT2D eigenvalue weighted by atomic mass is 16.2. The number of amidine groups is 1. The van der Waals surface area contributed by atoms with Gasteiger partial charge in [-0.15, -0.1) is 0 Å². The van der Waals surface area contributed by atoms with Crippen LogP contribution in [-0.4, -0.2) is 71.3 Å². The van der Waals surface area contributed by atoms with E-state index in [-0.39, 0.29) is 11.9 Å². The molecule has 1 saturated heterocycles. The van der Waals surface area contributed by atoms with Crippen molar-refractivity contribution < 1.29 is 14.2 Å². The normalized spacial score (nSPS) is 22.2. The fourth-order valence-electron chi connectivity index (χ4n) is 2.35. The van der Waals surface area contributed by atoms with Crippen LogP contribution in [0.15, 0.2) is 17.1 Å². The molecule has 2 aliphatic rings. The number of amides is 3. The molecule has 0 spiro atoms. The summed E-state index contributed by atoms with van der Waals surface area (Å²) in [6, 6.07) is -0.925. The first kappa shape index (κ1) is 14.2. The number of aliphatic imine (C=N–C) groups is 1. The predicted octanol–water partition coefficient (Wildman–Crippen LogP) is -0.155. The summed E-state index contributed by atoms with van der Waals surface area (Å²) in [5.41, 5.74) is 0.923. The third kappa shape index (κ3) is 2.09. The molecule has 1 N–H and O–H groups in total. The highest BCUT2D eigenvalue weighted by molar-refractivity contribution is 6.22. The number of hydrogen-bond acceptors (Lipinski definition) is 4. The van der Waals surface area contributed by atoms with Crippen LogP contribution in [0.5, 0.6) is 0 Å². The number of carbonyl (C=O) groups is 2. The number of fused-ring (bicyclic) bond motifs is 1. The standard InChI is InChI=1S/C13H19N5O2/c1-6-14-12-15-10-9(18(12)7-8(2)3)11(19)17(5)13(20)16(10)4/h9H,2,6-7H2,1,3-5H3/p+1. The molecule has 108 valence electrons. The third-order valence-electron chi connectivity index (χ3n) is 3.31. The maximum absolute atomic E-state index is 12.4. The summed E-state index contributed by atoms with van der Waals surface area (Å²) in [6.07, 6.45) is 0. The Kier molecular flexibility index (Phi) is 3.61. The van der Waals surface area contributed by atoms with Gasteiger partial charge >= 0.3 is 12.0 Å². The predicted molar refractivity (Wildman–Crippen MR) is 75.8 cm³/mol. The smallest absolute Gasteiger partial charge is 0.275 e. The molecule has 0 radical (unpaired) electrons. The van der Waals surface area contributed by atoms with Crippen LogP contribution in [0, 0.1) is 0 Å².